The molecule has 2 amide bonds. The summed E-state index contributed by atoms with van der Waals surface area (Å²) in [6.45, 7) is 0.253. The van der Waals surface area contributed by atoms with Crippen LogP contribution in [0.4, 0.5) is 10.5 Å². The van der Waals surface area contributed by atoms with Crippen LogP contribution in [0.3, 0.4) is 0 Å². The van der Waals surface area contributed by atoms with Gasteiger partial charge in [0.25, 0.3) is 0 Å². The molecule has 0 saturated heterocycles. The highest BCUT2D eigenvalue weighted by molar-refractivity contribution is 9.10. The van der Waals surface area contributed by atoms with E-state index in [0.29, 0.717) is 10.2 Å². The molecular weight excluding hydrogens is 516 g/mol. The van der Waals surface area contributed by atoms with Crippen LogP contribution in [-0.4, -0.2) is 49.4 Å². The Morgan fingerprint density at radius 2 is 1.60 bits per heavy atom. The molecule has 1 aliphatic carbocycles. The van der Waals surface area contributed by atoms with E-state index in [1.807, 2.05) is 24.3 Å². The summed E-state index contributed by atoms with van der Waals surface area (Å²) in [5.74, 6) is -1.57. The Bertz CT molecular complexity index is 1220. The molecule has 3 N–H and O–H groups in total. The highest BCUT2D eigenvalue weighted by Gasteiger charge is 2.28. The molecule has 1 aliphatic rings. The third kappa shape index (κ3) is 5.87. The number of carbonyl (C=O) groups excluding carboxylic acids is 2. The Labute approximate surface area is 210 Å². The molecule has 3 aromatic carbocycles. The topological polar surface area (TPSA) is 114 Å². The Hall–Kier alpha value is -3.69. The van der Waals surface area contributed by atoms with Crippen molar-refractivity contribution in [3.05, 3.63) is 87.9 Å². The minimum Gasteiger partial charge on any atom is -0.478 e. The number of fused-ring (bicyclic) bond motifs is 3. The summed E-state index contributed by atoms with van der Waals surface area (Å²) < 4.78 is 11.1. The van der Waals surface area contributed by atoms with Gasteiger partial charge >= 0.3 is 12.1 Å². The smallest absolute Gasteiger partial charge is 0.407 e. The van der Waals surface area contributed by atoms with Crippen molar-refractivity contribution in [3.63, 3.8) is 0 Å². The largest absolute Gasteiger partial charge is 0.478 e. The molecule has 3 aromatic rings. The molecular formula is C26H23BrN2O6. The van der Waals surface area contributed by atoms with E-state index in [2.05, 4.69) is 50.8 Å². The number of benzene rings is 3. The van der Waals surface area contributed by atoms with E-state index < -0.39 is 18.0 Å². The Morgan fingerprint density at radius 3 is 2.26 bits per heavy atom. The number of nitrogens with one attached hydrogen (secondary N) is 2. The van der Waals surface area contributed by atoms with Crippen molar-refractivity contribution >= 4 is 39.6 Å². The Balaban J connectivity index is 1.17. The molecule has 35 heavy (non-hydrogen) atoms. The van der Waals surface area contributed by atoms with Gasteiger partial charge in [0.1, 0.15) is 13.2 Å². The van der Waals surface area contributed by atoms with Gasteiger partial charge in [-0.05, 0) is 56.4 Å². The van der Waals surface area contributed by atoms with Gasteiger partial charge in [0.15, 0.2) is 0 Å². The second-order valence-electron chi connectivity index (χ2n) is 7.85. The summed E-state index contributed by atoms with van der Waals surface area (Å²) in [6.07, 6.45) is -0.559. The summed E-state index contributed by atoms with van der Waals surface area (Å²) in [5.41, 5.74) is 4.97. The molecule has 0 radical (unpaired) electrons. The summed E-state index contributed by atoms with van der Waals surface area (Å²) >= 11 is 3.15. The van der Waals surface area contributed by atoms with Crippen LogP contribution in [0.15, 0.2) is 71.2 Å². The fraction of sp³-hybridized carbons (Fsp3) is 0.192. The lowest BCUT2D eigenvalue weighted by atomic mass is 9.98. The second kappa shape index (κ2) is 11.2. The predicted octanol–water partition coefficient (Wildman–Crippen LogP) is 4.64. The zero-order valence-corrected chi connectivity index (χ0v) is 20.2. The monoisotopic (exact) mass is 538 g/mol. The van der Waals surface area contributed by atoms with E-state index in [0.717, 1.165) is 22.3 Å². The Kier molecular flexibility index (Phi) is 7.79. The number of carboxylic acids is 1. The molecule has 0 spiro atoms. The number of ether oxygens (including phenoxy) is 2. The van der Waals surface area contributed by atoms with Crippen LogP contribution in [0.2, 0.25) is 0 Å². The highest BCUT2D eigenvalue weighted by atomic mass is 79.9. The maximum Gasteiger partial charge on any atom is 0.407 e. The highest BCUT2D eigenvalue weighted by Crippen LogP contribution is 2.44. The van der Waals surface area contributed by atoms with Crippen molar-refractivity contribution < 1.29 is 29.0 Å². The summed E-state index contributed by atoms with van der Waals surface area (Å²) in [4.78, 5) is 35.4. The first-order chi connectivity index (χ1) is 16.9. The van der Waals surface area contributed by atoms with Crippen molar-refractivity contribution in [2.24, 2.45) is 0 Å². The SMILES string of the molecule is O=C(COCCNC(=O)OCC1c2ccccc2-c2ccccc21)Nc1ccc(Br)c(C(=O)O)c1. The van der Waals surface area contributed by atoms with Gasteiger partial charge in [0.2, 0.25) is 5.91 Å². The number of hydrogen-bond acceptors (Lipinski definition) is 5. The van der Waals surface area contributed by atoms with E-state index in [4.69, 9.17) is 14.6 Å². The molecule has 0 saturated carbocycles. The molecule has 0 atom stereocenters. The van der Waals surface area contributed by atoms with Gasteiger partial charge in [-0.1, -0.05) is 48.5 Å². The van der Waals surface area contributed by atoms with E-state index in [1.165, 1.54) is 12.1 Å². The van der Waals surface area contributed by atoms with Crippen LogP contribution in [0.25, 0.3) is 11.1 Å². The second-order valence-corrected chi connectivity index (χ2v) is 8.71. The van der Waals surface area contributed by atoms with Crippen LogP contribution in [0.1, 0.15) is 27.4 Å². The predicted molar refractivity (Wildman–Crippen MR) is 134 cm³/mol. The lowest BCUT2D eigenvalue weighted by molar-refractivity contribution is -0.120. The van der Waals surface area contributed by atoms with Crippen molar-refractivity contribution in [1.29, 1.82) is 0 Å². The van der Waals surface area contributed by atoms with Crippen LogP contribution >= 0.6 is 15.9 Å². The van der Waals surface area contributed by atoms with E-state index in [-0.39, 0.29) is 37.8 Å². The molecule has 0 unspecified atom stereocenters. The number of rotatable bonds is 9. The van der Waals surface area contributed by atoms with Crippen LogP contribution in [0.5, 0.6) is 0 Å². The lowest BCUT2D eigenvalue weighted by Crippen LogP contribution is -2.30. The van der Waals surface area contributed by atoms with Crippen LogP contribution < -0.4 is 10.6 Å². The first-order valence-electron chi connectivity index (χ1n) is 10.9. The summed E-state index contributed by atoms with van der Waals surface area (Å²) in [7, 11) is 0. The normalized spacial score (nSPS) is 11.9. The van der Waals surface area contributed by atoms with Gasteiger partial charge in [-0.25, -0.2) is 9.59 Å². The molecule has 0 heterocycles. The van der Waals surface area contributed by atoms with Gasteiger partial charge in [-0.2, -0.15) is 0 Å². The summed E-state index contributed by atoms with van der Waals surface area (Å²) in [5, 5.41) is 14.3. The third-order valence-electron chi connectivity index (χ3n) is 5.57. The number of aromatic carboxylic acids is 1. The average molecular weight is 539 g/mol. The first kappa shape index (κ1) is 24.4. The van der Waals surface area contributed by atoms with Gasteiger partial charge in [-0.15, -0.1) is 0 Å². The number of halogens is 1. The molecule has 180 valence electrons. The fourth-order valence-corrected chi connectivity index (χ4v) is 4.42. The number of amides is 2. The number of hydrogen-bond donors (Lipinski definition) is 3. The molecule has 0 fully saturated rings. The molecule has 9 heteroatoms. The summed E-state index contributed by atoms with van der Waals surface area (Å²) in [6, 6.07) is 20.7. The standard InChI is InChI=1S/C26H23BrN2O6/c27-23-10-9-16(13-21(23)25(31)32)29-24(30)15-34-12-11-28-26(33)35-14-22-19-7-3-1-5-17(19)18-6-2-4-8-20(18)22/h1-10,13,22H,11-12,14-15H2,(H,28,33)(H,29,30)(H,31,32). The maximum absolute atomic E-state index is 12.2. The van der Waals surface area contributed by atoms with Crippen molar-refractivity contribution in [2.45, 2.75) is 5.92 Å². The maximum atomic E-state index is 12.2. The van der Waals surface area contributed by atoms with Crippen molar-refractivity contribution in [2.75, 3.05) is 31.7 Å². The molecule has 8 nitrogen and oxygen atoms in total. The number of carbonyl (C=O) groups is 3. The van der Waals surface area contributed by atoms with E-state index >= 15 is 0 Å². The number of anilines is 1. The van der Waals surface area contributed by atoms with E-state index in [1.54, 1.807) is 6.07 Å². The van der Waals surface area contributed by atoms with Gasteiger partial charge in [0, 0.05) is 22.6 Å². The minimum atomic E-state index is -1.11. The minimum absolute atomic E-state index is 0.0200. The van der Waals surface area contributed by atoms with Crippen LogP contribution in [0, 0.1) is 0 Å². The Morgan fingerprint density at radius 1 is 0.943 bits per heavy atom. The van der Waals surface area contributed by atoms with Crippen molar-refractivity contribution in [3.8, 4) is 11.1 Å². The number of alkyl carbamates (subject to hydrolysis) is 1. The molecule has 0 aliphatic heterocycles. The fourth-order valence-electron chi connectivity index (χ4n) is 4.00. The van der Waals surface area contributed by atoms with Gasteiger partial charge in [0.05, 0.1) is 12.2 Å². The molecule has 4 rings (SSSR count). The average Bonchev–Trinajstić information content (AvgIpc) is 3.17. The van der Waals surface area contributed by atoms with Gasteiger partial charge in [-0.3, -0.25) is 4.79 Å². The van der Waals surface area contributed by atoms with E-state index in [9.17, 15) is 14.4 Å². The zero-order valence-electron chi connectivity index (χ0n) is 18.6. The lowest BCUT2D eigenvalue weighted by Gasteiger charge is -2.14. The zero-order chi connectivity index (χ0) is 24.8. The van der Waals surface area contributed by atoms with Gasteiger partial charge < -0.3 is 25.2 Å². The van der Waals surface area contributed by atoms with Crippen LogP contribution in [-0.2, 0) is 14.3 Å². The molecule has 0 aromatic heterocycles. The van der Waals surface area contributed by atoms with Crippen molar-refractivity contribution in [1.82, 2.24) is 5.32 Å². The number of carboxylic acid groups (broad SMARTS) is 1. The third-order valence-corrected chi connectivity index (χ3v) is 6.26. The first-order valence-corrected chi connectivity index (χ1v) is 11.7. The molecule has 0 bridgehead atoms. The quantitative estimate of drug-likeness (QED) is 0.342.